The summed E-state index contributed by atoms with van der Waals surface area (Å²) in [7, 11) is 0. The van der Waals surface area contributed by atoms with E-state index in [1.165, 1.54) is 18.1 Å². The molecule has 1 aromatic heterocycles. The summed E-state index contributed by atoms with van der Waals surface area (Å²) < 4.78 is 0. The maximum Gasteiger partial charge on any atom is 0.252 e. The zero-order valence-corrected chi connectivity index (χ0v) is 12.8. The highest BCUT2D eigenvalue weighted by molar-refractivity contribution is 6.29. The zero-order valence-electron chi connectivity index (χ0n) is 12.1. The highest BCUT2D eigenvalue weighted by atomic mass is 35.5. The van der Waals surface area contributed by atoms with Gasteiger partial charge in [-0.3, -0.25) is 4.79 Å². The first-order chi connectivity index (χ1) is 10.6. The summed E-state index contributed by atoms with van der Waals surface area (Å²) >= 11 is 5.78. The number of nitrogens with two attached hydrogens (primary N) is 1. The second-order valence-corrected chi connectivity index (χ2v) is 6.03. The molecule has 1 aliphatic carbocycles. The van der Waals surface area contributed by atoms with Gasteiger partial charge in [0.15, 0.2) is 11.0 Å². The number of halogens is 1. The van der Waals surface area contributed by atoms with Crippen LogP contribution >= 0.6 is 11.6 Å². The van der Waals surface area contributed by atoms with Gasteiger partial charge in [-0.25, -0.2) is 0 Å². The van der Waals surface area contributed by atoms with Crippen molar-refractivity contribution in [2.45, 2.75) is 24.7 Å². The molecule has 0 unspecified atom stereocenters. The van der Waals surface area contributed by atoms with E-state index in [0.29, 0.717) is 12.4 Å². The molecule has 3 N–H and O–H groups in total. The molecule has 0 saturated heterocycles. The Balaban J connectivity index is 1.81. The third-order valence-electron chi connectivity index (χ3n) is 4.32. The average Bonchev–Trinajstić information content (AvgIpc) is 2.48. The molecule has 0 bridgehead atoms. The molecule has 0 spiro atoms. The Bertz CT molecular complexity index is 686. The molecule has 1 amide bonds. The highest BCUT2D eigenvalue weighted by Crippen LogP contribution is 2.43. The number of carbonyl (C=O) groups excluding carboxylic acids is 1. The third kappa shape index (κ3) is 2.76. The second kappa shape index (κ2) is 5.93. The smallest absolute Gasteiger partial charge is 0.252 e. The van der Waals surface area contributed by atoms with Crippen LogP contribution in [-0.2, 0) is 5.41 Å². The Kier molecular flexibility index (Phi) is 3.98. The monoisotopic (exact) mass is 316 g/mol. The van der Waals surface area contributed by atoms with Gasteiger partial charge >= 0.3 is 0 Å². The zero-order chi connectivity index (χ0) is 15.6. The summed E-state index contributed by atoms with van der Waals surface area (Å²) in [6, 6.07) is 11.8. The predicted octanol–water partition coefficient (Wildman–Crippen LogP) is 2.76. The summed E-state index contributed by atoms with van der Waals surface area (Å²) in [5, 5.41) is 11.1. The van der Waals surface area contributed by atoms with Gasteiger partial charge in [-0.15, -0.1) is 10.2 Å². The number of carbonyl (C=O) groups is 1. The summed E-state index contributed by atoms with van der Waals surface area (Å²) in [5.74, 6) is -0.180. The van der Waals surface area contributed by atoms with E-state index in [0.717, 1.165) is 12.8 Å². The van der Waals surface area contributed by atoms with E-state index in [2.05, 4.69) is 27.6 Å². The van der Waals surface area contributed by atoms with Crippen LogP contribution in [0, 0.1) is 0 Å². The molecule has 2 aromatic rings. The van der Waals surface area contributed by atoms with Crippen molar-refractivity contribution in [3.05, 3.63) is 52.7 Å². The molecule has 5 nitrogen and oxygen atoms in total. The molecule has 0 atom stereocenters. The van der Waals surface area contributed by atoms with Gasteiger partial charge in [0.25, 0.3) is 5.91 Å². The molecule has 22 heavy (non-hydrogen) atoms. The average molecular weight is 317 g/mol. The topological polar surface area (TPSA) is 80.9 Å². The number of nitrogens with one attached hydrogen (secondary N) is 1. The maximum absolute atomic E-state index is 11.5. The van der Waals surface area contributed by atoms with Crippen LogP contribution in [-0.4, -0.2) is 22.6 Å². The third-order valence-corrected chi connectivity index (χ3v) is 4.51. The van der Waals surface area contributed by atoms with Crippen LogP contribution in [0.25, 0.3) is 0 Å². The van der Waals surface area contributed by atoms with Crippen molar-refractivity contribution in [2.75, 3.05) is 11.9 Å². The molecule has 1 fully saturated rings. The van der Waals surface area contributed by atoms with Crippen LogP contribution in [0.4, 0.5) is 5.82 Å². The summed E-state index contributed by atoms with van der Waals surface area (Å²) in [6.45, 7) is 0.688. The molecule has 3 rings (SSSR count). The summed E-state index contributed by atoms with van der Waals surface area (Å²) in [5.41, 5.74) is 7.02. The van der Waals surface area contributed by atoms with E-state index in [1.54, 1.807) is 0 Å². The minimum Gasteiger partial charge on any atom is -0.367 e. The lowest BCUT2D eigenvalue weighted by Gasteiger charge is -2.42. The fourth-order valence-corrected chi connectivity index (χ4v) is 3.05. The molecule has 1 aromatic carbocycles. The Morgan fingerprint density at radius 2 is 2.00 bits per heavy atom. The van der Waals surface area contributed by atoms with Crippen LogP contribution < -0.4 is 11.1 Å². The molecule has 1 aliphatic rings. The van der Waals surface area contributed by atoms with Crippen LogP contribution in [0.5, 0.6) is 0 Å². The Morgan fingerprint density at radius 3 is 2.59 bits per heavy atom. The summed E-state index contributed by atoms with van der Waals surface area (Å²) in [4.78, 5) is 11.5. The quantitative estimate of drug-likeness (QED) is 0.888. The van der Waals surface area contributed by atoms with Crippen molar-refractivity contribution < 1.29 is 4.79 Å². The highest BCUT2D eigenvalue weighted by Gasteiger charge is 2.38. The van der Waals surface area contributed by atoms with Gasteiger partial charge in [0, 0.05) is 12.0 Å². The maximum atomic E-state index is 11.5. The Hall–Kier alpha value is -2.14. The van der Waals surface area contributed by atoms with Crippen molar-refractivity contribution in [2.24, 2.45) is 5.73 Å². The lowest BCUT2D eigenvalue weighted by Crippen LogP contribution is -2.41. The van der Waals surface area contributed by atoms with Crippen LogP contribution in [0.2, 0.25) is 5.15 Å². The minimum atomic E-state index is -0.568. The molecule has 0 radical (unpaired) electrons. The van der Waals surface area contributed by atoms with Gasteiger partial charge in [-0.05, 0) is 24.5 Å². The van der Waals surface area contributed by atoms with Gasteiger partial charge < -0.3 is 11.1 Å². The first-order valence-electron chi connectivity index (χ1n) is 7.23. The SMILES string of the molecule is NC(=O)c1cc(Cl)nnc1NCC1(c2ccccc2)CCC1. The Labute approximate surface area is 133 Å². The Morgan fingerprint density at radius 1 is 1.27 bits per heavy atom. The first kappa shape index (κ1) is 14.8. The van der Waals surface area contributed by atoms with Gasteiger partial charge in [0.2, 0.25) is 0 Å². The minimum absolute atomic E-state index is 0.0808. The van der Waals surface area contributed by atoms with Crippen LogP contribution in [0.15, 0.2) is 36.4 Å². The van der Waals surface area contributed by atoms with E-state index < -0.39 is 5.91 Å². The van der Waals surface area contributed by atoms with Crippen molar-refractivity contribution >= 4 is 23.3 Å². The van der Waals surface area contributed by atoms with Crippen molar-refractivity contribution in [3.8, 4) is 0 Å². The number of anilines is 1. The molecule has 114 valence electrons. The second-order valence-electron chi connectivity index (χ2n) is 5.65. The van der Waals surface area contributed by atoms with Gasteiger partial charge in [-0.1, -0.05) is 48.4 Å². The number of benzene rings is 1. The number of aromatic nitrogens is 2. The van der Waals surface area contributed by atoms with Gasteiger partial charge in [0.1, 0.15) is 0 Å². The summed E-state index contributed by atoms with van der Waals surface area (Å²) in [6.07, 6.45) is 3.42. The largest absolute Gasteiger partial charge is 0.367 e. The molecular formula is C16H17ClN4O. The number of rotatable bonds is 5. The van der Waals surface area contributed by atoms with Crippen molar-refractivity contribution in [1.82, 2.24) is 10.2 Å². The van der Waals surface area contributed by atoms with E-state index >= 15 is 0 Å². The number of primary amides is 1. The number of hydrogen-bond acceptors (Lipinski definition) is 4. The van der Waals surface area contributed by atoms with E-state index in [9.17, 15) is 4.79 Å². The van der Waals surface area contributed by atoms with E-state index in [-0.39, 0.29) is 16.1 Å². The van der Waals surface area contributed by atoms with Crippen LogP contribution in [0.1, 0.15) is 35.2 Å². The number of amides is 1. The van der Waals surface area contributed by atoms with E-state index in [4.69, 9.17) is 17.3 Å². The van der Waals surface area contributed by atoms with Gasteiger partial charge in [-0.2, -0.15) is 0 Å². The van der Waals surface area contributed by atoms with Crippen molar-refractivity contribution in [1.29, 1.82) is 0 Å². The van der Waals surface area contributed by atoms with Crippen LogP contribution in [0.3, 0.4) is 0 Å². The first-order valence-corrected chi connectivity index (χ1v) is 7.61. The van der Waals surface area contributed by atoms with Gasteiger partial charge in [0.05, 0.1) is 5.56 Å². The molecule has 1 heterocycles. The van der Waals surface area contributed by atoms with E-state index in [1.807, 2.05) is 18.2 Å². The molecular weight excluding hydrogens is 300 g/mol. The standard InChI is InChI=1S/C16H17ClN4O/c17-13-9-12(14(18)22)15(21-20-13)19-10-16(7-4-8-16)11-5-2-1-3-6-11/h1-3,5-6,9H,4,7-8,10H2,(H2,18,22)(H,19,21). The molecule has 1 saturated carbocycles. The number of nitrogens with zero attached hydrogens (tertiary/aromatic N) is 2. The molecule has 6 heteroatoms. The lowest BCUT2D eigenvalue weighted by molar-refractivity contribution is 0.100. The van der Waals surface area contributed by atoms with Crippen molar-refractivity contribution in [3.63, 3.8) is 0 Å². The molecule has 0 aliphatic heterocycles. The fraction of sp³-hybridized carbons (Fsp3) is 0.312. The number of hydrogen-bond donors (Lipinski definition) is 2. The normalized spacial score (nSPS) is 15.9. The fourth-order valence-electron chi connectivity index (χ4n) is 2.90. The predicted molar refractivity (Wildman–Crippen MR) is 86.0 cm³/mol. The lowest BCUT2D eigenvalue weighted by atomic mass is 9.64.